The number of nitrogens with zero attached hydrogens (tertiary/aromatic N) is 2. The minimum Gasteiger partial charge on any atom is -0.357 e. The molecule has 0 spiro atoms. The fourth-order valence-corrected chi connectivity index (χ4v) is 2.69. The summed E-state index contributed by atoms with van der Waals surface area (Å²) in [5, 5.41) is 7.82. The minimum absolute atomic E-state index is 0.496. The molecule has 3 rings (SSSR count). The van der Waals surface area contributed by atoms with E-state index in [1.807, 2.05) is 60.7 Å². The molecular formula is C22H22N4S. The van der Waals surface area contributed by atoms with Crippen molar-refractivity contribution in [2.24, 2.45) is 5.10 Å². The highest BCUT2D eigenvalue weighted by Crippen LogP contribution is 2.22. The van der Waals surface area contributed by atoms with Gasteiger partial charge in [-0.1, -0.05) is 60.7 Å². The highest BCUT2D eigenvalue weighted by molar-refractivity contribution is 7.80. The van der Waals surface area contributed by atoms with E-state index in [9.17, 15) is 0 Å². The summed E-state index contributed by atoms with van der Waals surface area (Å²) >= 11 is 5.24. The lowest BCUT2D eigenvalue weighted by Crippen LogP contribution is -2.31. The summed E-state index contributed by atoms with van der Waals surface area (Å²) in [7, 11) is 2.05. The van der Waals surface area contributed by atoms with Gasteiger partial charge in [0.15, 0.2) is 5.11 Å². The quantitative estimate of drug-likeness (QED) is 0.380. The van der Waals surface area contributed by atoms with Gasteiger partial charge in [0, 0.05) is 25.0 Å². The van der Waals surface area contributed by atoms with Gasteiger partial charge in [-0.2, -0.15) is 5.10 Å². The molecule has 0 amide bonds. The number of rotatable bonds is 6. The molecular weight excluding hydrogens is 352 g/mol. The third kappa shape index (κ3) is 5.66. The molecule has 5 heteroatoms. The van der Waals surface area contributed by atoms with Crippen molar-refractivity contribution >= 4 is 34.9 Å². The van der Waals surface area contributed by atoms with Crippen LogP contribution in [0.5, 0.6) is 0 Å². The maximum absolute atomic E-state index is 5.24. The SMILES string of the molecule is CN(c1ccccc1)c1ccc(C=NNC(=S)NCc2ccccc2)cc1. The molecule has 0 saturated carbocycles. The van der Waals surface area contributed by atoms with E-state index in [2.05, 4.69) is 52.1 Å². The van der Waals surface area contributed by atoms with E-state index in [0.29, 0.717) is 11.7 Å². The molecule has 0 radical (unpaired) electrons. The summed E-state index contributed by atoms with van der Waals surface area (Å²) in [4.78, 5) is 2.14. The Bertz CT molecular complexity index is 877. The summed E-state index contributed by atoms with van der Waals surface area (Å²) in [6.45, 7) is 0.669. The van der Waals surface area contributed by atoms with Crippen LogP contribution in [0.4, 0.5) is 11.4 Å². The molecule has 0 atom stereocenters. The van der Waals surface area contributed by atoms with Crippen molar-refractivity contribution < 1.29 is 0 Å². The average Bonchev–Trinajstić information content (AvgIpc) is 2.74. The Kier molecular flexibility index (Phi) is 6.55. The van der Waals surface area contributed by atoms with Gasteiger partial charge < -0.3 is 10.2 Å². The van der Waals surface area contributed by atoms with E-state index in [1.54, 1.807) is 6.21 Å². The molecule has 0 fully saturated rings. The lowest BCUT2D eigenvalue weighted by Gasteiger charge is -2.19. The van der Waals surface area contributed by atoms with Crippen LogP contribution in [0.2, 0.25) is 0 Å². The van der Waals surface area contributed by atoms with Gasteiger partial charge in [-0.3, -0.25) is 5.43 Å². The monoisotopic (exact) mass is 374 g/mol. The van der Waals surface area contributed by atoms with Crippen molar-refractivity contribution in [3.8, 4) is 0 Å². The maximum Gasteiger partial charge on any atom is 0.187 e. The van der Waals surface area contributed by atoms with Crippen LogP contribution < -0.4 is 15.6 Å². The fourth-order valence-electron chi connectivity index (χ4n) is 2.57. The van der Waals surface area contributed by atoms with Crippen LogP contribution in [-0.4, -0.2) is 18.4 Å². The van der Waals surface area contributed by atoms with Crippen LogP contribution in [0.1, 0.15) is 11.1 Å². The number of nitrogens with one attached hydrogen (secondary N) is 2. The van der Waals surface area contributed by atoms with Gasteiger partial charge in [-0.05, 0) is 47.6 Å². The first-order valence-electron chi connectivity index (χ1n) is 8.72. The predicted octanol–water partition coefficient (Wildman–Crippen LogP) is 4.45. The molecule has 0 saturated heterocycles. The molecule has 0 aliphatic heterocycles. The highest BCUT2D eigenvalue weighted by Gasteiger charge is 2.02. The van der Waals surface area contributed by atoms with Crippen molar-refractivity contribution in [3.05, 3.63) is 96.1 Å². The first-order valence-corrected chi connectivity index (χ1v) is 9.13. The molecule has 3 aromatic rings. The third-order valence-electron chi connectivity index (χ3n) is 4.10. The van der Waals surface area contributed by atoms with Gasteiger partial charge >= 0.3 is 0 Å². The molecule has 0 aromatic heterocycles. The summed E-state index contributed by atoms with van der Waals surface area (Å²) < 4.78 is 0. The first-order chi connectivity index (χ1) is 13.2. The maximum atomic E-state index is 5.24. The van der Waals surface area contributed by atoms with Crippen LogP contribution in [0.25, 0.3) is 0 Å². The zero-order chi connectivity index (χ0) is 18.9. The predicted molar refractivity (Wildman–Crippen MR) is 118 cm³/mol. The Balaban J connectivity index is 1.50. The summed E-state index contributed by atoms with van der Waals surface area (Å²) in [6, 6.07) is 28.6. The standard InChI is InChI=1S/C22H22N4S/c1-26(20-10-6-3-7-11-20)21-14-12-19(13-15-21)17-24-25-22(27)23-16-18-8-4-2-5-9-18/h2-15,17H,16H2,1H3,(H2,23,25,27). The molecule has 0 aliphatic rings. The van der Waals surface area contributed by atoms with Crippen molar-refractivity contribution in [3.63, 3.8) is 0 Å². The molecule has 0 bridgehead atoms. The third-order valence-corrected chi connectivity index (χ3v) is 4.34. The zero-order valence-electron chi connectivity index (χ0n) is 15.2. The lowest BCUT2D eigenvalue weighted by molar-refractivity contribution is 0.869. The van der Waals surface area contributed by atoms with Crippen LogP contribution >= 0.6 is 12.2 Å². The van der Waals surface area contributed by atoms with E-state index < -0.39 is 0 Å². The molecule has 0 heterocycles. The van der Waals surface area contributed by atoms with E-state index in [-0.39, 0.29) is 0 Å². The first kappa shape index (κ1) is 18.6. The smallest absolute Gasteiger partial charge is 0.187 e. The Morgan fingerprint density at radius 3 is 2.15 bits per heavy atom. The molecule has 4 nitrogen and oxygen atoms in total. The number of benzene rings is 3. The lowest BCUT2D eigenvalue weighted by atomic mass is 10.2. The fraction of sp³-hybridized carbons (Fsp3) is 0.0909. The molecule has 0 unspecified atom stereocenters. The van der Waals surface area contributed by atoms with Gasteiger partial charge in [0.05, 0.1) is 6.21 Å². The number of para-hydroxylation sites is 1. The second-order valence-corrected chi connectivity index (χ2v) is 6.43. The van der Waals surface area contributed by atoms with Crippen LogP contribution in [0.15, 0.2) is 90.0 Å². The van der Waals surface area contributed by atoms with Crippen molar-refractivity contribution in [1.82, 2.24) is 10.7 Å². The second kappa shape index (κ2) is 9.50. The molecule has 0 aliphatic carbocycles. The van der Waals surface area contributed by atoms with Crippen LogP contribution in [0, 0.1) is 0 Å². The Labute approximate surface area is 165 Å². The van der Waals surface area contributed by atoms with E-state index >= 15 is 0 Å². The Morgan fingerprint density at radius 1 is 0.889 bits per heavy atom. The number of hydrazone groups is 1. The summed E-state index contributed by atoms with van der Waals surface area (Å²) in [5.41, 5.74) is 7.28. The Hall–Kier alpha value is -3.18. The zero-order valence-corrected chi connectivity index (χ0v) is 16.0. The van der Waals surface area contributed by atoms with Gasteiger partial charge in [-0.25, -0.2) is 0 Å². The summed E-state index contributed by atoms with van der Waals surface area (Å²) in [6.07, 6.45) is 1.75. The molecule has 3 aromatic carbocycles. The number of hydrogen-bond acceptors (Lipinski definition) is 3. The van der Waals surface area contributed by atoms with Gasteiger partial charge in [0.1, 0.15) is 0 Å². The van der Waals surface area contributed by atoms with Crippen LogP contribution in [-0.2, 0) is 6.54 Å². The summed E-state index contributed by atoms with van der Waals surface area (Å²) in [5.74, 6) is 0. The van der Waals surface area contributed by atoms with Crippen molar-refractivity contribution in [2.75, 3.05) is 11.9 Å². The van der Waals surface area contributed by atoms with Crippen molar-refractivity contribution in [1.29, 1.82) is 0 Å². The van der Waals surface area contributed by atoms with E-state index in [1.165, 1.54) is 5.56 Å². The van der Waals surface area contributed by atoms with Crippen molar-refractivity contribution in [2.45, 2.75) is 6.54 Å². The largest absolute Gasteiger partial charge is 0.357 e. The normalized spacial score (nSPS) is 10.6. The van der Waals surface area contributed by atoms with Crippen LogP contribution in [0.3, 0.4) is 0 Å². The van der Waals surface area contributed by atoms with Gasteiger partial charge in [-0.15, -0.1) is 0 Å². The molecule has 2 N–H and O–H groups in total. The van der Waals surface area contributed by atoms with Gasteiger partial charge in [0.2, 0.25) is 0 Å². The highest BCUT2D eigenvalue weighted by atomic mass is 32.1. The number of anilines is 2. The average molecular weight is 375 g/mol. The topological polar surface area (TPSA) is 39.7 Å². The minimum atomic E-state index is 0.496. The number of thiocarbonyl (C=S) groups is 1. The number of hydrogen-bond donors (Lipinski definition) is 2. The molecule has 27 heavy (non-hydrogen) atoms. The van der Waals surface area contributed by atoms with E-state index in [4.69, 9.17) is 12.2 Å². The van der Waals surface area contributed by atoms with E-state index in [0.717, 1.165) is 16.9 Å². The van der Waals surface area contributed by atoms with Gasteiger partial charge in [0.25, 0.3) is 0 Å². The Morgan fingerprint density at radius 2 is 1.48 bits per heavy atom. The second-order valence-electron chi connectivity index (χ2n) is 6.02. The molecule has 136 valence electrons.